The first-order valence-corrected chi connectivity index (χ1v) is 6.64. The molecule has 0 aliphatic rings. The number of imidazole rings is 1. The van der Waals surface area contributed by atoms with Gasteiger partial charge < -0.3 is 9.67 Å². The number of aromatic nitrogens is 2. The Kier molecular flexibility index (Phi) is 3.10. The van der Waals surface area contributed by atoms with E-state index in [0.29, 0.717) is 22.9 Å². The summed E-state index contributed by atoms with van der Waals surface area (Å²) >= 11 is 6.20. The van der Waals surface area contributed by atoms with Gasteiger partial charge in [-0.1, -0.05) is 23.7 Å². The van der Waals surface area contributed by atoms with E-state index in [0.717, 1.165) is 5.52 Å². The van der Waals surface area contributed by atoms with Crippen LogP contribution in [-0.4, -0.2) is 14.7 Å². The van der Waals surface area contributed by atoms with Gasteiger partial charge >= 0.3 is 0 Å². The molecule has 0 saturated heterocycles. The van der Waals surface area contributed by atoms with Crippen molar-refractivity contribution in [1.82, 2.24) is 9.55 Å². The van der Waals surface area contributed by atoms with E-state index < -0.39 is 5.82 Å². The van der Waals surface area contributed by atoms with Gasteiger partial charge in [0.15, 0.2) is 0 Å². The van der Waals surface area contributed by atoms with Crippen LogP contribution in [-0.2, 0) is 6.54 Å². The molecule has 1 N–H and O–H groups in total. The third kappa shape index (κ3) is 1.84. The number of hydrogen-bond donors (Lipinski definition) is 1. The van der Waals surface area contributed by atoms with Gasteiger partial charge in [0.1, 0.15) is 17.4 Å². The number of halogens is 2. The summed E-state index contributed by atoms with van der Waals surface area (Å²) in [7, 11) is 0. The van der Waals surface area contributed by atoms with E-state index >= 15 is 0 Å². The number of fused-ring (bicyclic) bond motifs is 1. The lowest BCUT2D eigenvalue weighted by molar-refractivity contribution is 0.471. The molecule has 5 heteroatoms. The predicted molar refractivity (Wildman–Crippen MR) is 77.5 cm³/mol. The number of benzene rings is 2. The second-order valence-corrected chi connectivity index (χ2v) is 4.83. The van der Waals surface area contributed by atoms with E-state index in [1.165, 1.54) is 18.2 Å². The Hall–Kier alpha value is -2.07. The molecule has 0 aliphatic heterocycles. The smallest absolute Gasteiger partial charge is 0.147 e. The second-order valence-electron chi connectivity index (χ2n) is 4.42. The molecular weight excluding hydrogens is 279 g/mol. The van der Waals surface area contributed by atoms with Crippen molar-refractivity contribution >= 4 is 22.6 Å². The van der Waals surface area contributed by atoms with E-state index in [4.69, 9.17) is 11.6 Å². The van der Waals surface area contributed by atoms with Gasteiger partial charge in [0.05, 0.1) is 21.6 Å². The number of phenols is 1. The van der Waals surface area contributed by atoms with Crippen molar-refractivity contribution in [3.63, 3.8) is 0 Å². The molecule has 0 aliphatic carbocycles. The van der Waals surface area contributed by atoms with E-state index in [1.807, 2.05) is 13.0 Å². The van der Waals surface area contributed by atoms with Gasteiger partial charge in [-0.2, -0.15) is 0 Å². The average molecular weight is 291 g/mol. The Morgan fingerprint density at radius 1 is 1.25 bits per heavy atom. The van der Waals surface area contributed by atoms with Crippen LogP contribution in [0.4, 0.5) is 4.39 Å². The fourth-order valence-corrected chi connectivity index (χ4v) is 2.65. The Morgan fingerprint density at radius 3 is 2.70 bits per heavy atom. The molecule has 0 amide bonds. The summed E-state index contributed by atoms with van der Waals surface area (Å²) in [6, 6.07) is 9.58. The normalized spacial score (nSPS) is 11.2. The van der Waals surface area contributed by atoms with Crippen molar-refractivity contribution in [2.24, 2.45) is 0 Å². The zero-order valence-corrected chi connectivity index (χ0v) is 11.5. The van der Waals surface area contributed by atoms with E-state index in [2.05, 4.69) is 4.98 Å². The van der Waals surface area contributed by atoms with Crippen LogP contribution in [0.25, 0.3) is 22.4 Å². The van der Waals surface area contributed by atoms with Crippen LogP contribution in [0.15, 0.2) is 36.4 Å². The van der Waals surface area contributed by atoms with Crippen LogP contribution < -0.4 is 0 Å². The van der Waals surface area contributed by atoms with Crippen LogP contribution in [0.5, 0.6) is 5.75 Å². The van der Waals surface area contributed by atoms with Crippen molar-refractivity contribution in [2.45, 2.75) is 13.5 Å². The van der Waals surface area contributed by atoms with Crippen molar-refractivity contribution in [1.29, 1.82) is 0 Å². The molecule has 0 atom stereocenters. The van der Waals surface area contributed by atoms with Gasteiger partial charge in [-0.3, -0.25) is 0 Å². The highest BCUT2D eigenvalue weighted by Gasteiger charge is 2.19. The molecule has 0 radical (unpaired) electrons. The summed E-state index contributed by atoms with van der Waals surface area (Å²) in [4.78, 5) is 4.41. The van der Waals surface area contributed by atoms with Crippen molar-refractivity contribution in [3.8, 4) is 17.1 Å². The monoisotopic (exact) mass is 290 g/mol. The second kappa shape index (κ2) is 4.80. The molecule has 3 rings (SSSR count). The first-order chi connectivity index (χ1) is 9.63. The minimum atomic E-state index is -0.508. The quantitative estimate of drug-likeness (QED) is 0.767. The number of rotatable bonds is 2. The largest absolute Gasteiger partial charge is 0.507 e. The molecule has 0 unspecified atom stereocenters. The number of aromatic hydroxyl groups is 1. The summed E-state index contributed by atoms with van der Waals surface area (Å²) in [5.41, 5.74) is 1.52. The third-order valence-electron chi connectivity index (χ3n) is 3.25. The molecule has 20 heavy (non-hydrogen) atoms. The first-order valence-electron chi connectivity index (χ1n) is 6.26. The minimum absolute atomic E-state index is 0.0987. The first kappa shape index (κ1) is 12.9. The summed E-state index contributed by atoms with van der Waals surface area (Å²) in [6.45, 7) is 2.50. The number of para-hydroxylation sites is 1. The van der Waals surface area contributed by atoms with Gasteiger partial charge in [-0.15, -0.1) is 0 Å². The SMILES string of the molecule is CCn1c(-c2c(O)cccc2F)nc2cccc(Cl)c21. The zero-order valence-electron chi connectivity index (χ0n) is 10.8. The molecule has 1 aromatic heterocycles. The predicted octanol–water partition coefficient (Wildman–Crippen LogP) is 4.22. The van der Waals surface area contributed by atoms with Crippen LogP contribution in [0, 0.1) is 5.82 Å². The maximum absolute atomic E-state index is 14.0. The average Bonchev–Trinajstić information content (AvgIpc) is 2.78. The summed E-state index contributed by atoms with van der Waals surface area (Å²) < 4.78 is 15.8. The molecule has 0 spiro atoms. The molecule has 2 aromatic carbocycles. The van der Waals surface area contributed by atoms with Crippen molar-refractivity contribution < 1.29 is 9.50 Å². The molecule has 0 fully saturated rings. The highest BCUT2D eigenvalue weighted by Crippen LogP contribution is 2.35. The van der Waals surface area contributed by atoms with Gasteiger partial charge in [0, 0.05) is 6.54 Å². The van der Waals surface area contributed by atoms with Crippen LogP contribution in [0.3, 0.4) is 0 Å². The zero-order chi connectivity index (χ0) is 14.3. The van der Waals surface area contributed by atoms with Gasteiger partial charge in [0.25, 0.3) is 0 Å². The van der Waals surface area contributed by atoms with Crippen molar-refractivity contribution in [2.75, 3.05) is 0 Å². The molecule has 0 saturated carbocycles. The molecular formula is C15H12ClFN2O. The standard InChI is InChI=1S/C15H12ClFN2O/c1-2-19-14-9(16)5-3-7-11(14)18-15(19)13-10(17)6-4-8-12(13)20/h3-8,20H,2H2,1H3. The fourth-order valence-electron chi connectivity index (χ4n) is 2.37. The molecule has 3 aromatic rings. The number of aryl methyl sites for hydroxylation is 1. The van der Waals surface area contributed by atoms with Crippen LogP contribution >= 0.6 is 11.6 Å². The molecule has 102 valence electrons. The van der Waals surface area contributed by atoms with Gasteiger partial charge in [-0.05, 0) is 31.2 Å². The Morgan fingerprint density at radius 2 is 2.00 bits per heavy atom. The van der Waals surface area contributed by atoms with Gasteiger partial charge in [0.2, 0.25) is 0 Å². The Balaban J connectivity index is 2.40. The van der Waals surface area contributed by atoms with Crippen molar-refractivity contribution in [3.05, 3.63) is 47.2 Å². The minimum Gasteiger partial charge on any atom is -0.507 e. The lowest BCUT2D eigenvalue weighted by atomic mass is 10.1. The summed E-state index contributed by atoms with van der Waals surface area (Å²) in [5.74, 6) is -0.261. The Labute approximate surface area is 120 Å². The topological polar surface area (TPSA) is 38.0 Å². The van der Waals surface area contributed by atoms with E-state index in [9.17, 15) is 9.50 Å². The summed E-state index contributed by atoms with van der Waals surface area (Å²) in [5, 5.41) is 10.5. The fraction of sp³-hybridized carbons (Fsp3) is 0.133. The highest BCUT2D eigenvalue weighted by atomic mass is 35.5. The third-order valence-corrected chi connectivity index (χ3v) is 3.55. The molecule has 1 heterocycles. The maximum atomic E-state index is 14.0. The number of hydrogen-bond acceptors (Lipinski definition) is 2. The maximum Gasteiger partial charge on any atom is 0.147 e. The highest BCUT2D eigenvalue weighted by molar-refractivity contribution is 6.35. The molecule has 0 bridgehead atoms. The van der Waals surface area contributed by atoms with E-state index in [1.54, 1.807) is 16.7 Å². The number of phenolic OH excluding ortho intramolecular Hbond substituents is 1. The molecule has 3 nitrogen and oxygen atoms in total. The van der Waals surface area contributed by atoms with Crippen LogP contribution in [0.2, 0.25) is 5.02 Å². The van der Waals surface area contributed by atoms with Crippen LogP contribution in [0.1, 0.15) is 6.92 Å². The number of nitrogens with zero attached hydrogens (tertiary/aromatic N) is 2. The van der Waals surface area contributed by atoms with E-state index in [-0.39, 0.29) is 11.3 Å². The lowest BCUT2D eigenvalue weighted by Gasteiger charge is -2.09. The Bertz CT molecular complexity index is 778. The lowest BCUT2D eigenvalue weighted by Crippen LogP contribution is -1.99. The summed E-state index contributed by atoms with van der Waals surface area (Å²) in [6.07, 6.45) is 0. The van der Waals surface area contributed by atoms with Gasteiger partial charge in [-0.25, -0.2) is 9.37 Å².